The molecule has 51 heavy (non-hydrogen) atoms. The molecule has 0 radical (unpaired) electrons. The van der Waals surface area contributed by atoms with Crippen molar-refractivity contribution in [2.45, 2.75) is 168 Å². The fraction of sp³-hybridized carbons (Fsp3) is 0.886. The molecule has 7 saturated carbocycles. The van der Waals surface area contributed by atoms with Gasteiger partial charge in [-0.1, -0.05) is 65.5 Å². The Labute approximate surface area is 309 Å². The maximum atomic E-state index is 12.8. The van der Waals surface area contributed by atoms with Crippen LogP contribution in [0.1, 0.15) is 157 Å². The summed E-state index contributed by atoms with van der Waals surface area (Å²) in [6.45, 7) is 13.0. The number of amides is 3. The second-order valence-electron chi connectivity index (χ2n) is 20.1. The molecular weight excluding hydrogens is 635 g/mol. The van der Waals surface area contributed by atoms with E-state index in [0.717, 1.165) is 91.8 Å². The topological polar surface area (TPSA) is 96.5 Å². The Bertz CT molecular complexity index is 1290. The van der Waals surface area contributed by atoms with E-state index >= 15 is 0 Å². The zero-order valence-corrected chi connectivity index (χ0v) is 32.8. The molecule has 0 aromatic rings. The maximum Gasteiger partial charge on any atom is 0.407 e. The SMILES string of the molecule is CC(C)CCC[C@@H](C)[C@H]1CC[C@H]2[C@@H]3CC=C4CC(OC(=O)NCCC(=O)NCCC(=O)NC56CC7CC(CC(C7)C5)C6)CC[C@]4(C)[C@H]3CC[C@]12C. The van der Waals surface area contributed by atoms with Crippen molar-refractivity contribution in [3.63, 3.8) is 0 Å². The van der Waals surface area contributed by atoms with Crippen molar-refractivity contribution >= 4 is 17.9 Å². The molecule has 0 aliphatic heterocycles. The fourth-order valence-electron chi connectivity index (χ4n) is 14.2. The highest BCUT2D eigenvalue weighted by molar-refractivity contribution is 5.80. The second-order valence-corrected chi connectivity index (χ2v) is 20.1. The molecule has 0 aromatic heterocycles. The molecule has 8 aliphatic rings. The number of rotatable bonds is 13. The summed E-state index contributed by atoms with van der Waals surface area (Å²) in [5.74, 6) is 7.20. The molecule has 7 fully saturated rings. The van der Waals surface area contributed by atoms with Gasteiger partial charge in [0.05, 0.1) is 0 Å². The predicted octanol–water partition coefficient (Wildman–Crippen LogP) is 9.10. The van der Waals surface area contributed by atoms with Gasteiger partial charge in [-0.2, -0.15) is 0 Å². The van der Waals surface area contributed by atoms with Crippen LogP contribution >= 0.6 is 0 Å². The zero-order valence-electron chi connectivity index (χ0n) is 32.8. The average Bonchev–Trinajstić information content (AvgIpc) is 3.41. The summed E-state index contributed by atoms with van der Waals surface area (Å²) in [4.78, 5) is 38.0. The summed E-state index contributed by atoms with van der Waals surface area (Å²) >= 11 is 0. The molecule has 3 amide bonds. The van der Waals surface area contributed by atoms with E-state index in [1.54, 1.807) is 0 Å². The highest BCUT2D eigenvalue weighted by Crippen LogP contribution is 2.67. The van der Waals surface area contributed by atoms with Gasteiger partial charge in [0.25, 0.3) is 0 Å². The van der Waals surface area contributed by atoms with Gasteiger partial charge in [0.15, 0.2) is 0 Å². The molecule has 0 spiro atoms. The molecule has 0 aromatic carbocycles. The molecule has 8 aliphatic carbocycles. The van der Waals surface area contributed by atoms with Crippen LogP contribution in [0.25, 0.3) is 0 Å². The molecule has 0 saturated heterocycles. The molecule has 4 bridgehead atoms. The minimum absolute atomic E-state index is 0.00969. The number of hydrogen-bond acceptors (Lipinski definition) is 4. The first-order valence-corrected chi connectivity index (χ1v) is 21.6. The summed E-state index contributed by atoms with van der Waals surface area (Å²) in [6.07, 6.45) is 23.7. The first-order valence-electron chi connectivity index (χ1n) is 21.6. The minimum Gasteiger partial charge on any atom is -0.446 e. The number of fused-ring (bicyclic) bond motifs is 5. The van der Waals surface area contributed by atoms with Crippen LogP contribution in [0.15, 0.2) is 11.6 Å². The van der Waals surface area contributed by atoms with Gasteiger partial charge >= 0.3 is 6.09 Å². The summed E-state index contributed by atoms with van der Waals surface area (Å²) < 4.78 is 5.93. The fourth-order valence-corrected chi connectivity index (χ4v) is 14.2. The molecule has 8 atom stereocenters. The Morgan fingerprint density at radius 3 is 2.22 bits per heavy atom. The summed E-state index contributed by atoms with van der Waals surface area (Å²) in [5.41, 5.74) is 2.26. The molecular formula is C44H71N3O4. The van der Waals surface area contributed by atoms with Gasteiger partial charge in [-0.05, 0) is 148 Å². The lowest BCUT2D eigenvalue weighted by atomic mass is 9.47. The molecule has 7 heteroatoms. The Balaban J connectivity index is 0.812. The van der Waals surface area contributed by atoms with Crippen LogP contribution in [-0.4, -0.2) is 42.6 Å². The van der Waals surface area contributed by atoms with E-state index in [9.17, 15) is 14.4 Å². The number of alkyl carbamates (subject to hydrolysis) is 1. The van der Waals surface area contributed by atoms with Crippen LogP contribution < -0.4 is 16.0 Å². The van der Waals surface area contributed by atoms with Crippen LogP contribution in [0.5, 0.6) is 0 Å². The van der Waals surface area contributed by atoms with Crippen molar-refractivity contribution in [1.82, 2.24) is 16.0 Å². The Morgan fingerprint density at radius 2 is 1.51 bits per heavy atom. The van der Waals surface area contributed by atoms with Crippen molar-refractivity contribution < 1.29 is 19.1 Å². The number of ether oxygens (including phenoxy) is 1. The van der Waals surface area contributed by atoms with E-state index in [-0.39, 0.29) is 41.8 Å². The number of carbonyl (C=O) groups excluding carboxylic acids is 3. The quantitative estimate of drug-likeness (QED) is 0.167. The van der Waals surface area contributed by atoms with Gasteiger partial charge in [0, 0.05) is 37.9 Å². The molecule has 3 N–H and O–H groups in total. The first-order chi connectivity index (χ1) is 24.4. The van der Waals surface area contributed by atoms with Crippen LogP contribution in [0.2, 0.25) is 0 Å². The zero-order chi connectivity index (χ0) is 36.0. The highest BCUT2D eigenvalue weighted by atomic mass is 16.6. The van der Waals surface area contributed by atoms with Gasteiger partial charge < -0.3 is 20.7 Å². The molecule has 7 nitrogen and oxygen atoms in total. The summed E-state index contributed by atoms with van der Waals surface area (Å²) in [5, 5.41) is 9.07. The molecule has 8 rings (SSSR count). The van der Waals surface area contributed by atoms with E-state index in [2.05, 4.69) is 56.6 Å². The van der Waals surface area contributed by atoms with E-state index in [1.165, 1.54) is 76.2 Å². The lowest BCUT2D eigenvalue weighted by molar-refractivity contribution is -0.127. The van der Waals surface area contributed by atoms with E-state index in [1.807, 2.05) is 0 Å². The third kappa shape index (κ3) is 7.80. The minimum atomic E-state index is -0.423. The van der Waals surface area contributed by atoms with Gasteiger partial charge in [-0.25, -0.2) is 4.79 Å². The maximum absolute atomic E-state index is 12.8. The lowest BCUT2D eigenvalue weighted by Gasteiger charge is -2.58. The van der Waals surface area contributed by atoms with Crippen LogP contribution in [-0.2, 0) is 14.3 Å². The van der Waals surface area contributed by atoms with Gasteiger partial charge in [0.1, 0.15) is 6.10 Å². The van der Waals surface area contributed by atoms with E-state index in [4.69, 9.17) is 4.74 Å². The summed E-state index contributed by atoms with van der Waals surface area (Å²) in [7, 11) is 0. The van der Waals surface area contributed by atoms with Crippen molar-refractivity contribution in [3.8, 4) is 0 Å². The highest BCUT2D eigenvalue weighted by Gasteiger charge is 2.59. The van der Waals surface area contributed by atoms with Gasteiger partial charge in [-0.3, -0.25) is 9.59 Å². The third-order valence-corrected chi connectivity index (χ3v) is 16.3. The van der Waals surface area contributed by atoms with E-state index < -0.39 is 6.09 Å². The van der Waals surface area contributed by atoms with Gasteiger partial charge in [-0.15, -0.1) is 0 Å². The Kier molecular flexibility index (Phi) is 11.0. The largest absolute Gasteiger partial charge is 0.446 e. The smallest absolute Gasteiger partial charge is 0.407 e. The van der Waals surface area contributed by atoms with Gasteiger partial charge in [0.2, 0.25) is 11.8 Å². The Morgan fingerprint density at radius 1 is 0.824 bits per heavy atom. The Hall–Kier alpha value is -2.05. The third-order valence-electron chi connectivity index (χ3n) is 16.3. The first kappa shape index (κ1) is 37.3. The second kappa shape index (κ2) is 15.0. The van der Waals surface area contributed by atoms with Crippen LogP contribution in [0.3, 0.4) is 0 Å². The number of nitrogens with one attached hydrogen (secondary N) is 3. The van der Waals surface area contributed by atoms with Crippen molar-refractivity contribution in [1.29, 1.82) is 0 Å². The van der Waals surface area contributed by atoms with Crippen molar-refractivity contribution in [2.24, 2.45) is 64.1 Å². The molecule has 0 heterocycles. The normalized spacial score (nSPS) is 41.2. The van der Waals surface area contributed by atoms with E-state index in [0.29, 0.717) is 18.4 Å². The van der Waals surface area contributed by atoms with Crippen LogP contribution in [0.4, 0.5) is 4.79 Å². The van der Waals surface area contributed by atoms with Crippen molar-refractivity contribution in [3.05, 3.63) is 11.6 Å². The molecule has 1 unspecified atom stereocenters. The predicted molar refractivity (Wildman–Crippen MR) is 203 cm³/mol. The number of hydrogen-bond donors (Lipinski definition) is 3. The molecule has 286 valence electrons. The standard InChI is InChI=1S/C44H71N3O4/c1-28(2)7-6-8-29(3)36-11-12-37-35-10-9-33-24-34(13-17-42(33,4)38(35)14-18-43(36,37)5)51-41(50)46-20-15-39(48)45-19-16-40(49)47-44-25-30-21-31(26-44)23-32(22-30)27-44/h9,28-32,34-38H,6-8,10-27H2,1-5H3,(H,45,48)(H,46,50)(H,47,49)/t29-,30?,31?,32?,34?,35+,36-,37+,38+,42+,43-,44?/m1/s1. The van der Waals surface area contributed by atoms with Crippen LogP contribution in [0, 0.1) is 64.1 Å². The lowest BCUT2D eigenvalue weighted by Crippen LogP contribution is -2.60. The van der Waals surface area contributed by atoms with Crippen molar-refractivity contribution in [2.75, 3.05) is 13.1 Å². The summed E-state index contributed by atoms with van der Waals surface area (Å²) in [6, 6.07) is 0. The average molecular weight is 706 g/mol. The number of allylic oxidation sites excluding steroid dienone is 1. The monoisotopic (exact) mass is 706 g/mol. The number of carbonyl (C=O) groups is 3.